The molecule has 3 nitrogen and oxygen atoms in total. The highest BCUT2D eigenvalue weighted by atomic mass is 79.9. The Balaban J connectivity index is 0.00000180. The van der Waals surface area contributed by atoms with Crippen LogP contribution >= 0.6 is 28.3 Å². The Morgan fingerprint density at radius 2 is 2.00 bits per heavy atom. The molecule has 2 N–H and O–H groups in total. The molecule has 1 heterocycles. The maximum absolute atomic E-state index is 12.2. The Morgan fingerprint density at radius 1 is 1.37 bits per heavy atom. The van der Waals surface area contributed by atoms with E-state index in [9.17, 15) is 4.79 Å². The van der Waals surface area contributed by atoms with Crippen LogP contribution in [0.1, 0.15) is 35.7 Å². The van der Waals surface area contributed by atoms with Gasteiger partial charge in [-0.05, 0) is 57.5 Å². The van der Waals surface area contributed by atoms with E-state index in [1.807, 2.05) is 25.1 Å². The van der Waals surface area contributed by atoms with Crippen LogP contribution in [-0.4, -0.2) is 24.5 Å². The standard InChI is InChI=1S/C14H19BrN2O.ClH/c1-10-3-4-11(9-12(10)15)13(18)17-14(2)5-7-16-8-6-14;/h3-4,9,16H,5-8H2,1-2H3,(H,17,18);1H. The second kappa shape index (κ2) is 6.73. The summed E-state index contributed by atoms with van der Waals surface area (Å²) >= 11 is 3.46. The molecule has 1 amide bonds. The molecule has 1 aromatic rings. The molecule has 106 valence electrons. The van der Waals surface area contributed by atoms with Gasteiger partial charge in [0.1, 0.15) is 0 Å². The van der Waals surface area contributed by atoms with Crippen molar-refractivity contribution in [2.75, 3.05) is 13.1 Å². The van der Waals surface area contributed by atoms with Crippen LogP contribution in [0.15, 0.2) is 22.7 Å². The normalized spacial score (nSPS) is 17.4. The van der Waals surface area contributed by atoms with Gasteiger partial charge in [0.05, 0.1) is 0 Å². The zero-order chi connectivity index (χ0) is 13.2. The van der Waals surface area contributed by atoms with Gasteiger partial charge in [-0.15, -0.1) is 12.4 Å². The molecule has 0 spiro atoms. The van der Waals surface area contributed by atoms with Crippen molar-refractivity contribution in [2.45, 2.75) is 32.2 Å². The van der Waals surface area contributed by atoms with E-state index >= 15 is 0 Å². The van der Waals surface area contributed by atoms with Gasteiger partial charge in [0.2, 0.25) is 0 Å². The highest BCUT2D eigenvalue weighted by molar-refractivity contribution is 9.10. The molecule has 0 atom stereocenters. The van der Waals surface area contributed by atoms with Crippen molar-refractivity contribution in [1.82, 2.24) is 10.6 Å². The minimum Gasteiger partial charge on any atom is -0.347 e. The van der Waals surface area contributed by atoms with E-state index in [0.29, 0.717) is 5.56 Å². The summed E-state index contributed by atoms with van der Waals surface area (Å²) in [6.45, 7) is 6.07. The molecule has 19 heavy (non-hydrogen) atoms. The summed E-state index contributed by atoms with van der Waals surface area (Å²) in [6, 6.07) is 5.72. The number of carbonyl (C=O) groups excluding carboxylic acids is 1. The molecular formula is C14H20BrClN2O. The van der Waals surface area contributed by atoms with Crippen molar-refractivity contribution >= 4 is 34.2 Å². The van der Waals surface area contributed by atoms with Gasteiger partial charge in [-0.3, -0.25) is 4.79 Å². The minimum atomic E-state index is -0.0836. The first-order chi connectivity index (χ1) is 8.50. The van der Waals surface area contributed by atoms with E-state index in [2.05, 4.69) is 33.5 Å². The number of amides is 1. The van der Waals surface area contributed by atoms with Crippen LogP contribution in [-0.2, 0) is 0 Å². The lowest BCUT2D eigenvalue weighted by Gasteiger charge is -2.35. The molecule has 0 radical (unpaired) electrons. The summed E-state index contributed by atoms with van der Waals surface area (Å²) in [6.07, 6.45) is 1.96. The lowest BCUT2D eigenvalue weighted by atomic mass is 9.90. The first-order valence-electron chi connectivity index (χ1n) is 6.30. The molecule has 2 rings (SSSR count). The Labute approximate surface area is 129 Å². The molecule has 0 bridgehead atoms. The van der Waals surface area contributed by atoms with Crippen LogP contribution in [0.2, 0.25) is 0 Å². The number of rotatable bonds is 2. The number of hydrogen-bond acceptors (Lipinski definition) is 2. The Bertz CT molecular complexity index is 459. The zero-order valence-corrected chi connectivity index (χ0v) is 13.7. The zero-order valence-electron chi connectivity index (χ0n) is 11.3. The largest absolute Gasteiger partial charge is 0.347 e. The quantitative estimate of drug-likeness (QED) is 0.863. The number of hydrogen-bond donors (Lipinski definition) is 2. The molecule has 1 fully saturated rings. The third kappa shape index (κ3) is 4.20. The molecule has 1 aliphatic heterocycles. The fourth-order valence-corrected chi connectivity index (χ4v) is 2.56. The van der Waals surface area contributed by atoms with Crippen LogP contribution < -0.4 is 10.6 Å². The van der Waals surface area contributed by atoms with E-state index in [1.54, 1.807) is 0 Å². The molecule has 0 aromatic heterocycles. The Morgan fingerprint density at radius 3 is 2.58 bits per heavy atom. The van der Waals surface area contributed by atoms with Crippen molar-refractivity contribution in [1.29, 1.82) is 0 Å². The van der Waals surface area contributed by atoms with E-state index in [0.717, 1.165) is 36.0 Å². The summed E-state index contributed by atoms with van der Waals surface area (Å²) in [4.78, 5) is 12.2. The molecule has 1 aromatic carbocycles. The first kappa shape index (κ1) is 16.5. The predicted molar refractivity (Wildman–Crippen MR) is 84.1 cm³/mol. The van der Waals surface area contributed by atoms with Gasteiger partial charge in [0.15, 0.2) is 0 Å². The lowest BCUT2D eigenvalue weighted by molar-refractivity contribution is 0.0887. The summed E-state index contributed by atoms with van der Waals surface area (Å²) in [5.41, 5.74) is 1.77. The van der Waals surface area contributed by atoms with Gasteiger partial charge in [-0.1, -0.05) is 22.0 Å². The van der Waals surface area contributed by atoms with E-state index in [1.165, 1.54) is 0 Å². The van der Waals surface area contributed by atoms with Gasteiger partial charge in [0, 0.05) is 15.6 Å². The first-order valence-corrected chi connectivity index (χ1v) is 7.09. The molecular weight excluding hydrogens is 328 g/mol. The van der Waals surface area contributed by atoms with Crippen LogP contribution in [0, 0.1) is 6.92 Å². The van der Waals surface area contributed by atoms with E-state index < -0.39 is 0 Å². The molecule has 5 heteroatoms. The molecule has 0 unspecified atom stereocenters. The maximum Gasteiger partial charge on any atom is 0.251 e. The summed E-state index contributed by atoms with van der Waals surface area (Å²) in [5, 5.41) is 6.47. The van der Waals surface area contributed by atoms with Gasteiger partial charge >= 0.3 is 0 Å². The number of halogens is 2. The Hall–Kier alpha value is -0.580. The van der Waals surface area contributed by atoms with Gasteiger partial charge < -0.3 is 10.6 Å². The van der Waals surface area contributed by atoms with Gasteiger partial charge in [0.25, 0.3) is 5.91 Å². The van der Waals surface area contributed by atoms with Crippen molar-refractivity contribution in [3.05, 3.63) is 33.8 Å². The fourth-order valence-electron chi connectivity index (χ4n) is 2.18. The summed E-state index contributed by atoms with van der Waals surface area (Å²) < 4.78 is 0.977. The monoisotopic (exact) mass is 346 g/mol. The van der Waals surface area contributed by atoms with Crippen molar-refractivity contribution < 1.29 is 4.79 Å². The van der Waals surface area contributed by atoms with Crippen LogP contribution in [0.5, 0.6) is 0 Å². The van der Waals surface area contributed by atoms with Gasteiger partial charge in [-0.25, -0.2) is 0 Å². The van der Waals surface area contributed by atoms with Gasteiger partial charge in [-0.2, -0.15) is 0 Å². The third-order valence-electron chi connectivity index (χ3n) is 3.56. The summed E-state index contributed by atoms with van der Waals surface area (Å²) in [5.74, 6) is 0.0140. The number of carbonyl (C=O) groups is 1. The predicted octanol–water partition coefficient (Wildman–Crippen LogP) is 3.05. The smallest absolute Gasteiger partial charge is 0.251 e. The highest BCUT2D eigenvalue weighted by Gasteiger charge is 2.28. The highest BCUT2D eigenvalue weighted by Crippen LogP contribution is 2.20. The number of piperidine rings is 1. The summed E-state index contributed by atoms with van der Waals surface area (Å²) in [7, 11) is 0. The Kier molecular flexibility index (Phi) is 5.83. The lowest BCUT2D eigenvalue weighted by Crippen LogP contribution is -2.52. The number of benzene rings is 1. The minimum absolute atomic E-state index is 0. The third-order valence-corrected chi connectivity index (χ3v) is 4.41. The molecule has 1 aliphatic rings. The van der Waals surface area contributed by atoms with E-state index in [-0.39, 0.29) is 23.9 Å². The van der Waals surface area contributed by atoms with Crippen LogP contribution in [0.25, 0.3) is 0 Å². The number of nitrogens with one attached hydrogen (secondary N) is 2. The van der Waals surface area contributed by atoms with E-state index in [4.69, 9.17) is 0 Å². The maximum atomic E-state index is 12.2. The topological polar surface area (TPSA) is 41.1 Å². The average molecular weight is 348 g/mol. The molecule has 0 aliphatic carbocycles. The number of aryl methyl sites for hydroxylation is 1. The fraction of sp³-hybridized carbons (Fsp3) is 0.500. The second-order valence-electron chi connectivity index (χ2n) is 5.23. The van der Waals surface area contributed by atoms with Crippen molar-refractivity contribution in [3.8, 4) is 0 Å². The average Bonchev–Trinajstić information content (AvgIpc) is 2.33. The van der Waals surface area contributed by atoms with Crippen molar-refractivity contribution in [3.63, 3.8) is 0 Å². The second-order valence-corrected chi connectivity index (χ2v) is 6.08. The molecule has 0 saturated carbocycles. The van der Waals surface area contributed by atoms with Crippen molar-refractivity contribution in [2.24, 2.45) is 0 Å². The van der Waals surface area contributed by atoms with Crippen LogP contribution in [0.4, 0.5) is 0 Å². The SMILES string of the molecule is Cc1ccc(C(=O)NC2(C)CCNCC2)cc1Br.Cl. The molecule has 1 saturated heterocycles. The van der Waals surface area contributed by atoms with Crippen LogP contribution in [0.3, 0.4) is 0 Å².